The minimum atomic E-state index is -0.414. The van der Waals surface area contributed by atoms with Gasteiger partial charge >= 0.3 is 5.69 Å². The zero-order valence-electron chi connectivity index (χ0n) is 11.1. The van der Waals surface area contributed by atoms with E-state index in [1.165, 1.54) is 10.8 Å². The Hall–Kier alpha value is -2.50. The molecule has 6 nitrogen and oxygen atoms in total. The number of hydrogen-bond acceptors (Lipinski definition) is 4. The molecule has 0 fully saturated rings. The molecule has 3 heterocycles. The predicted molar refractivity (Wildman–Crippen MR) is 73.5 cm³/mol. The molecule has 0 saturated heterocycles. The molecule has 20 heavy (non-hydrogen) atoms. The highest BCUT2D eigenvalue weighted by Crippen LogP contribution is 2.27. The number of nitrogens with zero attached hydrogens (tertiary/aromatic N) is 4. The van der Waals surface area contributed by atoms with E-state index in [4.69, 9.17) is 0 Å². The summed E-state index contributed by atoms with van der Waals surface area (Å²) in [6.07, 6.45) is 5.54. The second kappa shape index (κ2) is 4.88. The van der Waals surface area contributed by atoms with Crippen molar-refractivity contribution in [3.05, 3.63) is 52.5 Å². The van der Waals surface area contributed by atoms with Crippen molar-refractivity contribution < 1.29 is 4.79 Å². The lowest BCUT2D eigenvalue weighted by Gasteiger charge is -2.17. The number of anilines is 1. The molecule has 0 N–H and O–H groups in total. The zero-order valence-corrected chi connectivity index (χ0v) is 11.1. The van der Waals surface area contributed by atoms with E-state index in [1.54, 1.807) is 23.4 Å². The molecule has 2 aromatic rings. The van der Waals surface area contributed by atoms with Crippen molar-refractivity contribution in [3.8, 4) is 0 Å². The van der Waals surface area contributed by atoms with E-state index >= 15 is 0 Å². The summed E-state index contributed by atoms with van der Waals surface area (Å²) in [6.45, 7) is 2.56. The number of fused-ring (bicyclic) bond motifs is 1. The third-order valence-corrected chi connectivity index (χ3v) is 3.34. The van der Waals surface area contributed by atoms with Gasteiger partial charge in [-0.1, -0.05) is 0 Å². The average molecular weight is 270 g/mol. The number of pyridine rings is 1. The minimum absolute atomic E-state index is 0.0000548. The Balaban J connectivity index is 1.86. The van der Waals surface area contributed by atoms with E-state index in [2.05, 4.69) is 9.97 Å². The highest BCUT2D eigenvalue weighted by Gasteiger charge is 2.25. The van der Waals surface area contributed by atoms with Gasteiger partial charge in [0, 0.05) is 31.6 Å². The largest absolute Gasteiger partial charge is 0.347 e. The van der Waals surface area contributed by atoms with Crippen molar-refractivity contribution in [2.75, 3.05) is 11.4 Å². The quantitative estimate of drug-likeness (QED) is 0.798. The van der Waals surface area contributed by atoms with Gasteiger partial charge in [-0.05, 0) is 24.6 Å². The van der Waals surface area contributed by atoms with Gasteiger partial charge < -0.3 is 4.90 Å². The topological polar surface area (TPSA) is 68.1 Å². The summed E-state index contributed by atoms with van der Waals surface area (Å²) in [7, 11) is 0. The average Bonchev–Trinajstić information content (AvgIpc) is 2.84. The van der Waals surface area contributed by atoms with Crippen LogP contribution in [0.4, 0.5) is 5.69 Å². The Morgan fingerprint density at radius 2 is 2.25 bits per heavy atom. The number of amides is 1. The van der Waals surface area contributed by atoms with Crippen molar-refractivity contribution in [1.29, 1.82) is 0 Å². The monoisotopic (exact) mass is 270 g/mol. The minimum Gasteiger partial charge on any atom is -0.309 e. The van der Waals surface area contributed by atoms with Gasteiger partial charge in [-0.15, -0.1) is 0 Å². The second-order valence-electron chi connectivity index (χ2n) is 4.80. The molecular formula is C14H14N4O2. The highest BCUT2D eigenvalue weighted by molar-refractivity contribution is 5.95. The lowest BCUT2D eigenvalue weighted by molar-refractivity contribution is -0.119. The SMILES string of the molecule is Cc1cnc2c(c1)N(C(=O)Cn1cccnc1=O)CC2. The van der Waals surface area contributed by atoms with Crippen molar-refractivity contribution in [2.24, 2.45) is 0 Å². The summed E-state index contributed by atoms with van der Waals surface area (Å²) >= 11 is 0. The van der Waals surface area contributed by atoms with Crippen LogP contribution in [0.3, 0.4) is 0 Å². The van der Waals surface area contributed by atoms with Crippen LogP contribution in [0.2, 0.25) is 0 Å². The molecule has 0 spiro atoms. The Morgan fingerprint density at radius 1 is 1.40 bits per heavy atom. The molecule has 0 bridgehead atoms. The number of carbonyl (C=O) groups is 1. The molecule has 2 aromatic heterocycles. The van der Waals surface area contributed by atoms with E-state index in [0.29, 0.717) is 6.54 Å². The number of aryl methyl sites for hydroxylation is 1. The second-order valence-corrected chi connectivity index (χ2v) is 4.80. The maximum absolute atomic E-state index is 12.4. The predicted octanol–water partition coefficient (Wildman–Crippen LogP) is 0.536. The van der Waals surface area contributed by atoms with Gasteiger partial charge in [-0.2, -0.15) is 0 Å². The number of carbonyl (C=O) groups excluding carboxylic acids is 1. The molecule has 0 unspecified atom stereocenters. The normalized spacial score (nSPS) is 13.3. The summed E-state index contributed by atoms with van der Waals surface area (Å²) in [4.78, 5) is 33.6. The molecule has 1 aliphatic rings. The highest BCUT2D eigenvalue weighted by atomic mass is 16.2. The summed E-state index contributed by atoms with van der Waals surface area (Å²) < 4.78 is 1.31. The fourth-order valence-electron chi connectivity index (χ4n) is 2.34. The van der Waals surface area contributed by atoms with Crippen LogP contribution in [0.15, 0.2) is 35.5 Å². The summed E-state index contributed by atoms with van der Waals surface area (Å²) in [6, 6.07) is 3.59. The molecule has 0 aliphatic carbocycles. The molecule has 0 aromatic carbocycles. The molecule has 6 heteroatoms. The van der Waals surface area contributed by atoms with Gasteiger partial charge in [0.15, 0.2) is 0 Å². The van der Waals surface area contributed by atoms with Crippen molar-refractivity contribution in [1.82, 2.24) is 14.5 Å². The van der Waals surface area contributed by atoms with Crippen LogP contribution in [0.25, 0.3) is 0 Å². The van der Waals surface area contributed by atoms with Gasteiger partial charge in [0.1, 0.15) is 6.54 Å². The third-order valence-electron chi connectivity index (χ3n) is 3.34. The maximum Gasteiger partial charge on any atom is 0.347 e. The van der Waals surface area contributed by atoms with E-state index in [0.717, 1.165) is 23.4 Å². The lowest BCUT2D eigenvalue weighted by atomic mass is 10.2. The van der Waals surface area contributed by atoms with Crippen molar-refractivity contribution in [2.45, 2.75) is 19.9 Å². The summed E-state index contributed by atoms with van der Waals surface area (Å²) in [5.74, 6) is -0.119. The molecule has 0 atom stereocenters. The summed E-state index contributed by atoms with van der Waals surface area (Å²) in [5, 5.41) is 0. The van der Waals surface area contributed by atoms with Crippen LogP contribution in [0.5, 0.6) is 0 Å². The lowest BCUT2D eigenvalue weighted by Crippen LogP contribution is -2.35. The van der Waals surface area contributed by atoms with Crippen LogP contribution < -0.4 is 10.6 Å². The van der Waals surface area contributed by atoms with Gasteiger partial charge in [0.25, 0.3) is 0 Å². The van der Waals surface area contributed by atoms with Gasteiger partial charge in [-0.3, -0.25) is 14.3 Å². The first-order chi connectivity index (χ1) is 9.65. The van der Waals surface area contributed by atoms with Gasteiger partial charge in [-0.25, -0.2) is 9.78 Å². The van der Waals surface area contributed by atoms with E-state index in [1.807, 2.05) is 13.0 Å². The van der Waals surface area contributed by atoms with E-state index in [-0.39, 0.29) is 12.5 Å². The Labute approximate surface area is 115 Å². The molecule has 0 radical (unpaired) electrons. The molecular weight excluding hydrogens is 256 g/mol. The van der Waals surface area contributed by atoms with Crippen LogP contribution in [-0.4, -0.2) is 27.0 Å². The van der Waals surface area contributed by atoms with Gasteiger partial charge in [0.2, 0.25) is 5.91 Å². The van der Waals surface area contributed by atoms with E-state index < -0.39 is 5.69 Å². The van der Waals surface area contributed by atoms with Gasteiger partial charge in [0.05, 0.1) is 11.4 Å². The third kappa shape index (κ3) is 2.20. The first kappa shape index (κ1) is 12.5. The van der Waals surface area contributed by atoms with Crippen LogP contribution in [-0.2, 0) is 17.8 Å². The maximum atomic E-state index is 12.4. The molecule has 102 valence electrons. The smallest absolute Gasteiger partial charge is 0.309 e. The summed E-state index contributed by atoms with van der Waals surface area (Å²) in [5.41, 5.74) is 2.39. The van der Waals surface area contributed by atoms with Crippen LogP contribution in [0.1, 0.15) is 11.3 Å². The number of rotatable bonds is 2. The standard InChI is InChI=1S/C14H14N4O2/c1-10-7-12-11(16-8-10)3-6-18(12)13(19)9-17-5-2-4-15-14(17)20/h2,4-5,7-8H,3,6,9H2,1H3. The first-order valence-electron chi connectivity index (χ1n) is 6.42. The number of hydrogen-bond donors (Lipinski definition) is 0. The number of aromatic nitrogens is 3. The fourth-order valence-corrected chi connectivity index (χ4v) is 2.34. The van der Waals surface area contributed by atoms with E-state index in [9.17, 15) is 9.59 Å². The van der Waals surface area contributed by atoms with Crippen LogP contribution >= 0.6 is 0 Å². The first-order valence-corrected chi connectivity index (χ1v) is 6.42. The molecule has 0 saturated carbocycles. The van der Waals surface area contributed by atoms with Crippen molar-refractivity contribution in [3.63, 3.8) is 0 Å². The molecule has 3 rings (SSSR count). The van der Waals surface area contributed by atoms with Crippen LogP contribution in [0, 0.1) is 6.92 Å². The Morgan fingerprint density at radius 3 is 3.05 bits per heavy atom. The molecule has 1 aliphatic heterocycles. The fraction of sp³-hybridized carbons (Fsp3) is 0.286. The van der Waals surface area contributed by atoms with Crippen molar-refractivity contribution >= 4 is 11.6 Å². The Kier molecular flexibility index (Phi) is 3.06. The Bertz CT molecular complexity index is 723. The zero-order chi connectivity index (χ0) is 14.1. The molecule has 1 amide bonds.